The predicted molar refractivity (Wildman–Crippen MR) is 78.7 cm³/mol. The summed E-state index contributed by atoms with van der Waals surface area (Å²) in [7, 11) is -2.23. The zero-order valence-corrected chi connectivity index (χ0v) is 13.2. The summed E-state index contributed by atoms with van der Waals surface area (Å²) in [6.07, 6.45) is 1.22. The Morgan fingerprint density at radius 1 is 1.48 bits per heavy atom. The van der Waals surface area contributed by atoms with Crippen LogP contribution in [0.1, 0.15) is 12.8 Å². The standard InChI is InChI=1S/C13H17ClN2O4S/c1-20-12-5-4-10(7-11(12)14)21(18,19)16-6-2-3-9(8-16)13(15)17/h4-5,7,9H,2-3,6,8H2,1H3,(H2,15,17)/t9-/m0/s1. The third kappa shape index (κ3) is 3.30. The van der Waals surface area contributed by atoms with Crippen molar-refractivity contribution in [2.75, 3.05) is 20.2 Å². The lowest BCUT2D eigenvalue weighted by Crippen LogP contribution is -2.44. The van der Waals surface area contributed by atoms with Gasteiger partial charge in [0.2, 0.25) is 15.9 Å². The number of methoxy groups -OCH3 is 1. The van der Waals surface area contributed by atoms with Crippen molar-refractivity contribution in [2.24, 2.45) is 11.7 Å². The Balaban J connectivity index is 2.29. The van der Waals surface area contributed by atoms with Crippen LogP contribution >= 0.6 is 11.6 Å². The number of hydrogen-bond donors (Lipinski definition) is 1. The first kappa shape index (κ1) is 16.1. The molecule has 0 aromatic heterocycles. The van der Waals surface area contributed by atoms with Crippen LogP contribution in [0.15, 0.2) is 23.1 Å². The second kappa shape index (κ2) is 6.21. The fourth-order valence-electron chi connectivity index (χ4n) is 2.35. The van der Waals surface area contributed by atoms with Gasteiger partial charge in [-0.05, 0) is 31.0 Å². The average Bonchev–Trinajstić information content (AvgIpc) is 2.47. The summed E-state index contributed by atoms with van der Waals surface area (Å²) in [6, 6.07) is 4.29. The number of piperidine rings is 1. The zero-order valence-electron chi connectivity index (χ0n) is 11.6. The van der Waals surface area contributed by atoms with Crippen LogP contribution in [-0.2, 0) is 14.8 Å². The van der Waals surface area contributed by atoms with Crippen molar-refractivity contribution in [2.45, 2.75) is 17.7 Å². The maximum Gasteiger partial charge on any atom is 0.243 e. The Kier molecular flexibility index (Phi) is 4.75. The Morgan fingerprint density at radius 2 is 2.19 bits per heavy atom. The monoisotopic (exact) mass is 332 g/mol. The number of sulfonamides is 1. The van der Waals surface area contributed by atoms with Gasteiger partial charge in [-0.15, -0.1) is 0 Å². The predicted octanol–water partition coefficient (Wildman–Crippen LogP) is 1.23. The highest BCUT2D eigenvalue weighted by atomic mass is 35.5. The van der Waals surface area contributed by atoms with Crippen molar-refractivity contribution >= 4 is 27.5 Å². The van der Waals surface area contributed by atoms with Crippen molar-refractivity contribution in [3.05, 3.63) is 23.2 Å². The number of amides is 1. The molecule has 1 fully saturated rings. The second-order valence-corrected chi connectivity index (χ2v) is 7.25. The molecule has 0 unspecified atom stereocenters. The van der Waals surface area contributed by atoms with E-state index in [1.54, 1.807) is 0 Å². The SMILES string of the molecule is COc1ccc(S(=O)(=O)N2CCC[C@H](C(N)=O)C2)cc1Cl. The van der Waals surface area contributed by atoms with Gasteiger partial charge in [0.15, 0.2) is 0 Å². The lowest BCUT2D eigenvalue weighted by molar-refractivity contribution is -0.122. The Hall–Kier alpha value is -1.31. The first-order valence-electron chi connectivity index (χ1n) is 6.49. The Morgan fingerprint density at radius 3 is 2.76 bits per heavy atom. The van der Waals surface area contributed by atoms with Gasteiger partial charge in [-0.25, -0.2) is 8.42 Å². The first-order chi connectivity index (χ1) is 9.86. The van der Waals surface area contributed by atoms with Gasteiger partial charge in [-0.1, -0.05) is 11.6 Å². The van der Waals surface area contributed by atoms with E-state index in [9.17, 15) is 13.2 Å². The van der Waals surface area contributed by atoms with Crippen molar-refractivity contribution in [1.29, 1.82) is 0 Å². The zero-order chi connectivity index (χ0) is 15.6. The number of nitrogens with zero attached hydrogens (tertiary/aromatic N) is 1. The number of primary amides is 1. The van der Waals surface area contributed by atoms with Gasteiger partial charge in [0.05, 0.1) is 22.9 Å². The lowest BCUT2D eigenvalue weighted by atomic mass is 9.99. The third-order valence-corrected chi connectivity index (χ3v) is 5.70. The van der Waals surface area contributed by atoms with E-state index in [1.807, 2.05) is 0 Å². The van der Waals surface area contributed by atoms with Crippen LogP contribution in [0.2, 0.25) is 5.02 Å². The number of ether oxygens (including phenoxy) is 1. The van der Waals surface area contributed by atoms with Crippen LogP contribution in [0.4, 0.5) is 0 Å². The van der Waals surface area contributed by atoms with E-state index in [4.69, 9.17) is 22.1 Å². The molecule has 0 saturated carbocycles. The summed E-state index contributed by atoms with van der Waals surface area (Å²) >= 11 is 5.97. The van der Waals surface area contributed by atoms with E-state index < -0.39 is 21.8 Å². The highest BCUT2D eigenvalue weighted by Crippen LogP contribution is 2.30. The van der Waals surface area contributed by atoms with E-state index in [2.05, 4.69) is 0 Å². The molecule has 1 atom stereocenters. The molecule has 116 valence electrons. The molecule has 0 aliphatic carbocycles. The molecule has 1 aromatic carbocycles. The maximum atomic E-state index is 12.6. The van der Waals surface area contributed by atoms with Gasteiger partial charge in [0.1, 0.15) is 5.75 Å². The van der Waals surface area contributed by atoms with Crippen LogP contribution in [-0.4, -0.2) is 38.8 Å². The van der Waals surface area contributed by atoms with Gasteiger partial charge < -0.3 is 10.5 Å². The van der Waals surface area contributed by atoms with Crippen molar-refractivity contribution in [1.82, 2.24) is 4.31 Å². The van der Waals surface area contributed by atoms with E-state index in [-0.39, 0.29) is 16.5 Å². The van der Waals surface area contributed by atoms with Gasteiger partial charge >= 0.3 is 0 Å². The van der Waals surface area contributed by atoms with E-state index >= 15 is 0 Å². The number of carbonyl (C=O) groups excluding carboxylic acids is 1. The summed E-state index contributed by atoms with van der Waals surface area (Å²) in [6.45, 7) is 0.483. The summed E-state index contributed by atoms with van der Waals surface area (Å²) < 4.78 is 31.5. The number of benzene rings is 1. The number of halogens is 1. The van der Waals surface area contributed by atoms with Gasteiger partial charge in [-0.2, -0.15) is 4.31 Å². The number of rotatable bonds is 4. The quantitative estimate of drug-likeness (QED) is 0.898. The number of carbonyl (C=O) groups is 1. The fourth-order valence-corrected chi connectivity index (χ4v) is 4.22. The maximum absolute atomic E-state index is 12.6. The fraction of sp³-hybridized carbons (Fsp3) is 0.462. The Bertz CT molecular complexity index is 648. The molecule has 1 aliphatic rings. The van der Waals surface area contributed by atoms with Gasteiger partial charge in [0.25, 0.3) is 0 Å². The molecule has 6 nitrogen and oxygen atoms in total. The molecule has 1 saturated heterocycles. The smallest absolute Gasteiger partial charge is 0.243 e. The summed E-state index contributed by atoms with van der Waals surface area (Å²) in [5, 5.41) is 0.224. The molecule has 1 amide bonds. The minimum absolute atomic E-state index is 0.0819. The number of hydrogen-bond acceptors (Lipinski definition) is 4. The van der Waals surface area contributed by atoms with Crippen LogP contribution in [0.3, 0.4) is 0 Å². The molecule has 2 rings (SSSR count). The average molecular weight is 333 g/mol. The topological polar surface area (TPSA) is 89.7 Å². The molecule has 1 heterocycles. The van der Waals surface area contributed by atoms with Gasteiger partial charge in [0, 0.05) is 13.1 Å². The van der Waals surface area contributed by atoms with Crippen molar-refractivity contribution in [3.8, 4) is 5.75 Å². The van der Waals surface area contributed by atoms with E-state index in [0.29, 0.717) is 25.1 Å². The number of nitrogens with two attached hydrogens (primary N) is 1. The minimum Gasteiger partial charge on any atom is -0.495 e. The molecule has 8 heteroatoms. The Labute approximate surface area is 128 Å². The lowest BCUT2D eigenvalue weighted by Gasteiger charge is -2.30. The highest BCUT2D eigenvalue weighted by molar-refractivity contribution is 7.89. The van der Waals surface area contributed by atoms with Crippen LogP contribution < -0.4 is 10.5 Å². The highest BCUT2D eigenvalue weighted by Gasteiger charge is 2.32. The van der Waals surface area contributed by atoms with Crippen molar-refractivity contribution in [3.63, 3.8) is 0 Å². The second-order valence-electron chi connectivity index (χ2n) is 4.90. The first-order valence-corrected chi connectivity index (χ1v) is 8.31. The molecule has 0 radical (unpaired) electrons. The molecule has 1 aromatic rings. The van der Waals surface area contributed by atoms with E-state index in [1.165, 1.54) is 29.6 Å². The normalized spacial score (nSPS) is 20.2. The van der Waals surface area contributed by atoms with Crippen LogP contribution in [0.25, 0.3) is 0 Å². The molecule has 0 spiro atoms. The summed E-state index contributed by atoms with van der Waals surface area (Å²) in [5.41, 5.74) is 5.28. The van der Waals surface area contributed by atoms with Crippen LogP contribution in [0, 0.1) is 5.92 Å². The molecular formula is C13H17ClN2O4S. The largest absolute Gasteiger partial charge is 0.495 e. The molecule has 0 bridgehead atoms. The molecule has 21 heavy (non-hydrogen) atoms. The summed E-state index contributed by atoms with van der Waals surface area (Å²) in [5.74, 6) is -0.505. The third-order valence-electron chi connectivity index (χ3n) is 3.55. The van der Waals surface area contributed by atoms with Gasteiger partial charge in [-0.3, -0.25) is 4.79 Å². The minimum atomic E-state index is -3.69. The van der Waals surface area contributed by atoms with Crippen LogP contribution in [0.5, 0.6) is 5.75 Å². The summed E-state index contributed by atoms with van der Waals surface area (Å²) in [4.78, 5) is 11.3. The van der Waals surface area contributed by atoms with E-state index in [0.717, 1.165) is 0 Å². The molecular weight excluding hydrogens is 316 g/mol. The molecule has 1 aliphatic heterocycles. The molecule has 2 N–H and O–H groups in total. The van der Waals surface area contributed by atoms with Crippen molar-refractivity contribution < 1.29 is 17.9 Å².